The minimum Gasteiger partial charge on any atom is -0.274 e. The van der Waals surface area contributed by atoms with Gasteiger partial charge in [-0.1, -0.05) is 17.7 Å². The number of hydrogen-bond acceptors (Lipinski definition) is 3. The summed E-state index contributed by atoms with van der Waals surface area (Å²) in [5.41, 5.74) is 5.73. The van der Waals surface area contributed by atoms with Crippen molar-refractivity contribution in [1.82, 2.24) is 10.9 Å². The molecule has 0 aliphatic rings. The molecule has 0 atom stereocenters. The number of thioether (sulfide) groups is 1. The number of rotatable bonds is 3. The number of nitrogens with one attached hydrogen (secondary N) is 2. The topological polar surface area (TPSA) is 58.2 Å². The highest BCUT2D eigenvalue weighted by Gasteiger charge is 2.02. The number of hydrogen-bond donors (Lipinski definition) is 2. The molecule has 0 unspecified atom stereocenters. The van der Waals surface area contributed by atoms with Gasteiger partial charge < -0.3 is 0 Å². The lowest BCUT2D eigenvalue weighted by molar-refractivity contribution is -0.126. The van der Waals surface area contributed by atoms with Crippen LogP contribution in [0.2, 0.25) is 0 Å². The van der Waals surface area contributed by atoms with Crippen molar-refractivity contribution in [3.8, 4) is 0 Å². The van der Waals surface area contributed by atoms with Gasteiger partial charge in [-0.15, -0.1) is 11.8 Å². The first-order valence-corrected chi connectivity index (χ1v) is 5.81. The second-order valence-electron chi connectivity index (χ2n) is 3.33. The van der Waals surface area contributed by atoms with Crippen LogP contribution in [0.15, 0.2) is 29.2 Å². The number of aryl methyl sites for hydroxylation is 1. The fourth-order valence-electron chi connectivity index (χ4n) is 0.977. The third-order valence-corrected chi connectivity index (χ3v) is 2.78. The zero-order valence-electron chi connectivity index (χ0n) is 9.24. The van der Waals surface area contributed by atoms with Gasteiger partial charge >= 0.3 is 0 Å². The molecular weight excluding hydrogens is 224 g/mol. The Kier molecular flexibility index (Phi) is 4.85. The molecular formula is C11H14N2O2S. The molecule has 0 heterocycles. The summed E-state index contributed by atoms with van der Waals surface area (Å²) in [5.74, 6) is -0.224. The summed E-state index contributed by atoms with van der Waals surface area (Å²) in [5, 5.41) is 0. The second kappa shape index (κ2) is 6.17. The third kappa shape index (κ3) is 4.84. The number of carbonyl (C=O) groups is 2. The van der Waals surface area contributed by atoms with Gasteiger partial charge in [0.1, 0.15) is 0 Å². The van der Waals surface area contributed by atoms with E-state index in [1.165, 1.54) is 24.2 Å². The van der Waals surface area contributed by atoms with Crippen LogP contribution in [0.25, 0.3) is 0 Å². The molecule has 1 aromatic carbocycles. The summed E-state index contributed by atoms with van der Waals surface area (Å²) in [4.78, 5) is 22.8. The molecule has 2 N–H and O–H groups in total. The standard InChI is InChI=1S/C11H14N2O2S/c1-8-3-5-10(6-4-8)16-7-11(15)13-12-9(2)14/h3-6H,7H2,1-2H3,(H,12,14)(H,13,15). The zero-order valence-corrected chi connectivity index (χ0v) is 10.1. The number of carbonyl (C=O) groups excluding carboxylic acids is 2. The molecule has 2 amide bonds. The average molecular weight is 238 g/mol. The molecule has 0 saturated heterocycles. The summed E-state index contributed by atoms with van der Waals surface area (Å²) < 4.78 is 0. The van der Waals surface area contributed by atoms with E-state index in [4.69, 9.17) is 0 Å². The van der Waals surface area contributed by atoms with E-state index in [1.807, 2.05) is 31.2 Å². The van der Waals surface area contributed by atoms with Crippen molar-refractivity contribution in [3.05, 3.63) is 29.8 Å². The van der Waals surface area contributed by atoms with Crippen LogP contribution >= 0.6 is 11.8 Å². The van der Waals surface area contributed by atoms with E-state index in [1.54, 1.807) is 0 Å². The van der Waals surface area contributed by atoms with Crippen molar-refractivity contribution < 1.29 is 9.59 Å². The van der Waals surface area contributed by atoms with Gasteiger partial charge in [0.15, 0.2) is 0 Å². The van der Waals surface area contributed by atoms with Crippen LogP contribution < -0.4 is 10.9 Å². The van der Waals surface area contributed by atoms with E-state index in [2.05, 4.69) is 10.9 Å². The summed E-state index contributed by atoms with van der Waals surface area (Å²) in [7, 11) is 0. The Bertz CT molecular complexity index is 376. The molecule has 0 saturated carbocycles. The van der Waals surface area contributed by atoms with Crippen molar-refractivity contribution in [2.24, 2.45) is 0 Å². The molecule has 0 bridgehead atoms. The molecule has 0 aromatic heterocycles. The lowest BCUT2D eigenvalue weighted by Gasteiger charge is -2.04. The molecule has 4 nitrogen and oxygen atoms in total. The maximum atomic E-state index is 11.2. The Morgan fingerprint density at radius 2 is 1.81 bits per heavy atom. The Balaban J connectivity index is 2.31. The summed E-state index contributed by atoms with van der Waals surface area (Å²) in [6.07, 6.45) is 0. The van der Waals surface area contributed by atoms with Crippen LogP contribution in [0.5, 0.6) is 0 Å². The molecule has 5 heteroatoms. The van der Waals surface area contributed by atoms with Gasteiger partial charge in [-0.2, -0.15) is 0 Å². The van der Waals surface area contributed by atoms with Crippen molar-refractivity contribution in [1.29, 1.82) is 0 Å². The highest BCUT2D eigenvalue weighted by Crippen LogP contribution is 2.17. The Labute approximate surface area is 98.8 Å². The zero-order chi connectivity index (χ0) is 12.0. The maximum Gasteiger partial charge on any atom is 0.248 e. The Hall–Kier alpha value is -1.49. The average Bonchev–Trinajstić information content (AvgIpc) is 2.25. The normalized spacial score (nSPS) is 9.62. The van der Waals surface area contributed by atoms with E-state index in [9.17, 15) is 9.59 Å². The van der Waals surface area contributed by atoms with Crippen LogP contribution in [-0.4, -0.2) is 17.6 Å². The lowest BCUT2D eigenvalue weighted by atomic mass is 10.2. The third-order valence-electron chi connectivity index (χ3n) is 1.77. The van der Waals surface area contributed by atoms with Crippen molar-refractivity contribution in [2.45, 2.75) is 18.7 Å². The fraction of sp³-hybridized carbons (Fsp3) is 0.273. The molecule has 0 aliphatic carbocycles. The van der Waals surface area contributed by atoms with Crippen LogP contribution in [-0.2, 0) is 9.59 Å². The van der Waals surface area contributed by atoms with E-state index >= 15 is 0 Å². The molecule has 86 valence electrons. The largest absolute Gasteiger partial charge is 0.274 e. The Morgan fingerprint density at radius 3 is 2.38 bits per heavy atom. The predicted octanol–water partition coefficient (Wildman–Crippen LogP) is 1.25. The van der Waals surface area contributed by atoms with Gasteiger partial charge in [-0.25, -0.2) is 0 Å². The van der Waals surface area contributed by atoms with Gasteiger partial charge in [-0.05, 0) is 19.1 Å². The van der Waals surface area contributed by atoms with Crippen LogP contribution in [0.3, 0.4) is 0 Å². The quantitative estimate of drug-likeness (QED) is 0.615. The van der Waals surface area contributed by atoms with Gasteiger partial charge in [0.25, 0.3) is 0 Å². The van der Waals surface area contributed by atoms with Gasteiger partial charge in [0.05, 0.1) is 5.75 Å². The minimum atomic E-state index is -0.284. The highest BCUT2D eigenvalue weighted by molar-refractivity contribution is 8.00. The first-order chi connectivity index (χ1) is 7.58. The van der Waals surface area contributed by atoms with Crippen molar-refractivity contribution >= 4 is 23.6 Å². The minimum absolute atomic E-state index is 0.222. The molecule has 1 rings (SSSR count). The second-order valence-corrected chi connectivity index (χ2v) is 4.38. The lowest BCUT2D eigenvalue weighted by Crippen LogP contribution is -2.41. The first-order valence-electron chi connectivity index (χ1n) is 4.83. The monoisotopic (exact) mass is 238 g/mol. The summed E-state index contributed by atoms with van der Waals surface area (Å²) in [6, 6.07) is 7.92. The van der Waals surface area contributed by atoms with E-state index in [0.717, 1.165) is 4.90 Å². The molecule has 0 aliphatic heterocycles. The molecule has 1 aromatic rings. The molecule has 0 radical (unpaired) electrons. The van der Waals surface area contributed by atoms with E-state index < -0.39 is 0 Å². The highest BCUT2D eigenvalue weighted by atomic mass is 32.2. The van der Waals surface area contributed by atoms with Crippen molar-refractivity contribution in [3.63, 3.8) is 0 Å². The molecule has 16 heavy (non-hydrogen) atoms. The van der Waals surface area contributed by atoms with Crippen LogP contribution in [0.4, 0.5) is 0 Å². The SMILES string of the molecule is CC(=O)NNC(=O)CSc1ccc(C)cc1. The number of benzene rings is 1. The van der Waals surface area contributed by atoms with Crippen LogP contribution in [0.1, 0.15) is 12.5 Å². The van der Waals surface area contributed by atoms with Gasteiger partial charge in [0.2, 0.25) is 11.8 Å². The smallest absolute Gasteiger partial charge is 0.248 e. The number of amides is 2. The summed E-state index contributed by atoms with van der Waals surface area (Å²) >= 11 is 1.43. The molecule has 0 spiro atoms. The molecule has 0 fully saturated rings. The Morgan fingerprint density at radius 1 is 1.19 bits per heavy atom. The fourth-order valence-corrected chi connectivity index (χ4v) is 1.68. The van der Waals surface area contributed by atoms with Gasteiger partial charge in [-0.3, -0.25) is 20.4 Å². The summed E-state index contributed by atoms with van der Waals surface area (Å²) in [6.45, 7) is 3.35. The van der Waals surface area contributed by atoms with Gasteiger partial charge in [0, 0.05) is 11.8 Å². The van der Waals surface area contributed by atoms with E-state index in [-0.39, 0.29) is 17.6 Å². The number of hydrazine groups is 1. The first kappa shape index (κ1) is 12.6. The maximum absolute atomic E-state index is 11.2. The van der Waals surface area contributed by atoms with E-state index in [0.29, 0.717) is 0 Å². The van der Waals surface area contributed by atoms with Crippen LogP contribution in [0, 0.1) is 6.92 Å². The van der Waals surface area contributed by atoms with Crippen molar-refractivity contribution in [2.75, 3.05) is 5.75 Å². The predicted molar refractivity (Wildman–Crippen MR) is 63.9 cm³/mol.